The Bertz CT molecular complexity index is 1210. The molecule has 7 nitrogen and oxygen atoms in total. The Kier molecular flexibility index (Phi) is 7.19. The van der Waals surface area contributed by atoms with Crippen LogP contribution in [0.3, 0.4) is 0 Å². The number of alkyl carbamates (subject to hydrolysis) is 1. The van der Waals surface area contributed by atoms with E-state index in [0.717, 1.165) is 16.7 Å². The van der Waals surface area contributed by atoms with Gasteiger partial charge in [0.25, 0.3) is 5.91 Å². The van der Waals surface area contributed by atoms with Gasteiger partial charge in [0.15, 0.2) is 0 Å². The maximum atomic E-state index is 12.7. The van der Waals surface area contributed by atoms with Gasteiger partial charge in [0, 0.05) is 12.1 Å². The van der Waals surface area contributed by atoms with Crippen molar-refractivity contribution in [3.05, 3.63) is 89.5 Å². The molecule has 3 rings (SSSR count). The van der Waals surface area contributed by atoms with E-state index in [2.05, 4.69) is 27.5 Å². The molecule has 0 unspecified atom stereocenters. The molecule has 0 saturated heterocycles. The number of anilines is 1. The molecule has 7 heteroatoms. The summed E-state index contributed by atoms with van der Waals surface area (Å²) in [6, 6.07) is 25.0. The van der Waals surface area contributed by atoms with Crippen molar-refractivity contribution < 1.29 is 14.3 Å². The molecule has 0 spiro atoms. The Hall–Kier alpha value is -4.62. The molecule has 0 fully saturated rings. The lowest BCUT2D eigenvalue weighted by Gasteiger charge is -2.19. The van der Waals surface area contributed by atoms with E-state index >= 15 is 0 Å². The van der Waals surface area contributed by atoms with Crippen LogP contribution in [0.25, 0.3) is 11.1 Å². The summed E-state index contributed by atoms with van der Waals surface area (Å²) in [7, 11) is 1.18. The zero-order valence-corrected chi connectivity index (χ0v) is 17.3. The molecule has 0 aliphatic rings. The fourth-order valence-electron chi connectivity index (χ4n) is 3.23. The summed E-state index contributed by atoms with van der Waals surface area (Å²) in [5.74, 6) is -0.557. The van der Waals surface area contributed by atoms with Gasteiger partial charge in [0.1, 0.15) is 6.04 Å². The number of amides is 2. The normalized spacial score (nSPS) is 10.8. The molecule has 2 amide bonds. The highest BCUT2D eigenvalue weighted by atomic mass is 16.5. The lowest BCUT2D eigenvalue weighted by molar-refractivity contribution is -0.121. The molecule has 3 aromatic rings. The van der Waals surface area contributed by atoms with Crippen molar-refractivity contribution in [3.63, 3.8) is 0 Å². The van der Waals surface area contributed by atoms with Crippen LogP contribution in [0.2, 0.25) is 0 Å². The van der Waals surface area contributed by atoms with Gasteiger partial charge >= 0.3 is 6.09 Å². The molecule has 2 N–H and O–H groups in total. The third kappa shape index (κ3) is 5.50. The first-order valence-corrected chi connectivity index (χ1v) is 9.78. The van der Waals surface area contributed by atoms with Gasteiger partial charge in [-0.15, -0.1) is 0 Å². The second kappa shape index (κ2) is 10.4. The molecule has 0 aliphatic carbocycles. The maximum absolute atomic E-state index is 12.7. The minimum Gasteiger partial charge on any atom is -0.453 e. The molecule has 3 aromatic carbocycles. The summed E-state index contributed by atoms with van der Waals surface area (Å²) in [4.78, 5) is 24.2. The van der Waals surface area contributed by atoms with Gasteiger partial charge in [-0.1, -0.05) is 42.5 Å². The summed E-state index contributed by atoms with van der Waals surface area (Å²) in [5, 5.41) is 23.8. The highest BCUT2D eigenvalue weighted by molar-refractivity contribution is 5.96. The number of rotatable bonds is 6. The van der Waals surface area contributed by atoms with Gasteiger partial charge in [-0.05, 0) is 47.0 Å². The molecule has 1 atom stereocenters. The van der Waals surface area contributed by atoms with Gasteiger partial charge in [0.05, 0.1) is 30.4 Å². The van der Waals surface area contributed by atoms with Gasteiger partial charge < -0.3 is 10.1 Å². The number of methoxy groups -OCH3 is 1. The number of imide groups is 1. The molecule has 0 saturated carbocycles. The predicted molar refractivity (Wildman–Crippen MR) is 119 cm³/mol. The van der Waals surface area contributed by atoms with Gasteiger partial charge in [0.2, 0.25) is 0 Å². The monoisotopic (exact) mass is 424 g/mol. The number of nitriles is 2. The van der Waals surface area contributed by atoms with Crippen LogP contribution in [0.5, 0.6) is 0 Å². The van der Waals surface area contributed by atoms with Gasteiger partial charge in [-0.25, -0.2) is 4.79 Å². The van der Waals surface area contributed by atoms with Crippen molar-refractivity contribution in [3.8, 4) is 23.3 Å². The minimum atomic E-state index is -0.851. The Morgan fingerprint density at radius 1 is 0.969 bits per heavy atom. The van der Waals surface area contributed by atoms with E-state index in [1.54, 1.807) is 36.4 Å². The van der Waals surface area contributed by atoms with E-state index in [4.69, 9.17) is 5.26 Å². The van der Waals surface area contributed by atoms with E-state index in [-0.39, 0.29) is 6.42 Å². The lowest BCUT2D eigenvalue weighted by atomic mass is 9.99. The average Bonchev–Trinajstić information content (AvgIpc) is 2.84. The van der Waals surface area contributed by atoms with Crippen molar-refractivity contribution in [1.82, 2.24) is 5.32 Å². The van der Waals surface area contributed by atoms with Crippen LogP contribution >= 0.6 is 0 Å². The molecule has 32 heavy (non-hydrogen) atoms. The highest BCUT2D eigenvalue weighted by Gasteiger charge is 2.21. The van der Waals surface area contributed by atoms with Crippen LogP contribution in [0.1, 0.15) is 16.7 Å². The Labute approximate surface area is 185 Å². The van der Waals surface area contributed by atoms with Gasteiger partial charge in [-0.3, -0.25) is 10.1 Å². The van der Waals surface area contributed by atoms with Crippen molar-refractivity contribution in [2.24, 2.45) is 0 Å². The Balaban J connectivity index is 1.83. The molecule has 0 aliphatic heterocycles. The molecule has 158 valence electrons. The minimum absolute atomic E-state index is 0.247. The first-order valence-electron chi connectivity index (χ1n) is 9.78. The number of hydrogen-bond donors (Lipinski definition) is 2. The van der Waals surface area contributed by atoms with Crippen molar-refractivity contribution in [1.29, 1.82) is 10.5 Å². The number of ether oxygens (including phenoxy) is 1. The van der Waals surface area contributed by atoms with Crippen LogP contribution in [0.15, 0.2) is 72.8 Å². The van der Waals surface area contributed by atoms with E-state index in [1.807, 2.05) is 36.4 Å². The summed E-state index contributed by atoms with van der Waals surface area (Å²) in [6.07, 6.45) is -0.604. The first-order chi connectivity index (χ1) is 15.5. The second-order valence-corrected chi connectivity index (χ2v) is 6.93. The first kappa shape index (κ1) is 22.1. The Morgan fingerprint density at radius 2 is 1.72 bits per heavy atom. The van der Waals surface area contributed by atoms with Crippen LogP contribution < -0.4 is 10.6 Å². The van der Waals surface area contributed by atoms with E-state index < -0.39 is 18.0 Å². The third-order valence-electron chi connectivity index (χ3n) is 4.81. The van der Waals surface area contributed by atoms with Crippen LogP contribution in [-0.4, -0.2) is 25.2 Å². The summed E-state index contributed by atoms with van der Waals surface area (Å²) in [6.45, 7) is 0. The topological polar surface area (TPSA) is 115 Å². The standard InChI is InChI=1S/C25H20N4O3/c1-32-25(31)29-24(30)23(14-17-5-4-6-18(13-17)15-26)28-21-11-9-19(10-12-21)22-8-3-2-7-20(22)16-27/h2-13,23,28H,14H2,1H3,(H,29,30,31)/t23-/m0/s1. The number of nitrogens with zero attached hydrogens (tertiary/aromatic N) is 2. The molecule has 0 heterocycles. The van der Waals surface area contributed by atoms with E-state index in [0.29, 0.717) is 16.8 Å². The number of nitrogens with one attached hydrogen (secondary N) is 2. The highest BCUT2D eigenvalue weighted by Crippen LogP contribution is 2.25. The number of carbonyl (C=O) groups excluding carboxylic acids is 2. The molecule has 0 bridgehead atoms. The zero-order valence-electron chi connectivity index (χ0n) is 17.3. The summed E-state index contributed by atoms with van der Waals surface area (Å²) >= 11 is 0. The summed E-state index contributed by atoms with van der Waals surface area (Å²) in [5.41, 5.74) is 4.15. The zero-order chi connectivity index (χ0) is 22.9. The van der Waals surface area contributed by atoms with Gasteiger partial charge in [-0.2, -0.15) is 10.5 Å². The van der Waals surface area contributed by atoms with Crippen molar-refractivity contribution >= 4 is 17.7 Å². The maximum Gasteiger partial charge on any atom is 0.413 e. The molecule has 0 aromatic heterocycles. The summed E-state index contributed by atoms with van der Waals surface area (Å²) < 4.78 is 4.53. The van der Waals surface area contributed by atoms with Crippen molar-refractivity contribution in [2.75, 3.05) is 12.4 Å². The lowest BCUT2D eigenvalue weighted by Crippen LogP contribution is -2.43. The van der Waals surface area contributed by atoms with Crippen molar-refractivity contribution in [2.45, 2.75) is 12.5 Å². The fourth-order valence-corrected chi connectivity index (χ4v) is 3.23. The number of benzene rings is 3. The number of hydrogen-bond acceptors (Lipinski definition) is 6. The SMILES string of the molecule is COC(=O)NC(=O)[C@H](Cc1cccc(C#N)c1)Nc1ccc(-c2ccccc2C#N)cc1. The second-order valence-electron chi connectivity index (χ2n) is 6.93. The van der Waals surface area contributed by atoms with Crippen LogP contribution in [0, 0.1) is 22.7 Å². The smallest absolute Gasteiger partial charge is 0.413 e. The van der Waals surface area contributed by atoms with E-state index in [9.17, 15) is 14.9 Å². The van der Waals surface area contributed by atoms with E-state index in [1.165, 1.54) is 7.11 Å². The average molecular weight is 424 g/mol. The fraction of sp³-hybridized carbons (Fsp3) is 0.120. The largest absolute Gasteiger partial charge is 0.453 e. The molecule has 0 radical (unpaired) electrons. The molecular weight excluding hydrogens is 404 g/mol. The van der Waals surface area contributed by atoms with Crippen LogP contribution in [-0.2, 0) is 16.0 Å². The quantitative estimate of drug-likeness (QED) is 0.618. The Morgan fingerprint density at radius 3 is 2.41 bits per heavy atom. The molecular formula is C25H20N4O3. The third-order valence-corrected chi connectivity index (χ3v) is 4.81. The number of carbonyl (C=O) groups is 2. The van der Waals surface area contributed by atoms with Crippen LogP contribution in [0.4, 0.5) is 10.5 Å². The predicted octanol–water partition coefficient (Wildman–Crippen LogP) is 4.00.